The molecule has 0 bridgehead atoms. The van der Waals surface area contributed by atoms with Crippen molar-refractivity contribution in [2.45, 2.75) is 76.3 Å². The number of hydrogen-bond donors (Lipinski definition) is 10. The van der Waals surface area contributed by atoms with Gasteiger partial charge in [0.05, 0.1) is 25.3 Å². The van der Waals surface area contributed by atoms with Crippen molar-refractivity contribution < 1.29 is 49.2 Å². The van der Waals surface area contributed by atoms with Crippen LogP contribution in [-0.4, -0.2) is 105 Å². The largest absolute Gasteiger partial charge is 0.508 e. The molecular formula is C33H46N6O10. The van der Waals surface area contributed by atoms with Crippen LogP contribution in [0.1, 0.15) is 38.3 Å². The van der Waals surface area contributed by atoms with Crippen LogP contribution in [0.2, 0.25) is 0 Å². The number of hydrogen-bond acceptors (Lipinski definition) is 10. The summed E-state index contributed by atoms with van der Waals surface area (Å²) < 4.78 is 0. The topological polar surface area (TPSA) is 270 Å². The van der Waals surface area contributed by atoms with Gasteiger partial charge in [0.15, 0.2) is 6.04 Å². The second kappa shape index (κ2) is 19.7. The fraction of sp³-hybridized carbons (Fsp3) is 0.455. The number of aliphatic carboxylic acids is 1. The van der Waals surface area contributed by atoms with Gasteiger partial charge >= 0.3 is 5.97 Å². The molecule has 2 rings (SSSR count). The highest BCUT2D eigenvalue weighted by Crippen LogP contribution is 2.11. The monoisotopic (exact) mass is 686 g/mol. The number of rotatable bonds is 19. The summed E-state index contributed by atoms with van der Waals surface area (Å²) in [7, 11) is 0. The molecule has 5 amide bonds. The maximum Gasteiger partial charge on any atom is 0.328 e. The Morgan fingerprint density at radius 2 is 1.29 bits per heavy atom. The van der Waals surface area contributed by atoms with Gasteiger partial charge in [0.25, 0.3) is 0 Å². The molecule has 0 spiro atoms. The first kappa shape index (κ1) is 40.1. The molecule has 268 valence electrons. The molecule has 0 unspecified atom stereocenters. The van der Waals surface area contributed by atoms with E-state index in [2.05, 4.69) is 26.6 Å². The van der Waals surface area contributed by atoms with Gasteiger partial charge in [-0.25, -0.2) is 4.79 Å². The molecule has 0 aromatic heterocycles. The lowest BCUT2D eigenvalue weighted by Crippen LogP contribution is -2.58. The van der Waals surface area contributed by atoms with Crippen molar-refractivity contribution in [3.05, 3.63) is 65.7 Å². The molecule has 2 aromatic rings. The summed E-state index contributed by atoms with van der Waals surface area (Å²) >= 11 is 0. The number of phenols is 1. The molecule has 0 fully saturated rings. The zero-order chi connectivity index (χ0) is 36.7. The second-order valence-corrected chi connectivity index (χ2v) is 12.0. The van der Waals surface area contributed by atoms with Gasteiger partial charge < -0.3 is 52.7 Å². The Morgan fingerprint density at radius 1 is 0.714 bits per heavy atom. The van der Waals surface area contributed by atoms with Crippen LogP contribution in [0.25, 0.3) is 0 Å². The van der Waals surface area contributed by atoms with Gasteiger partial charge in [-0.15, -0.1) is 0 Å². The van der Waals surface area contributed by atoms with E-state index in [4.69, 9.17) is 5.73 Å². The van der Waals surface area contributed by atoms with E-state index < -0.39 is 85.0 Å². The normalized spacial score (nSPS) is 14.7. The van der Waals surface area contributed by atoms with Crippen molar-refractivity contribution in [3.8, 4) is 5.75 Å². The van der Waals surface area contributed by atoms with E-state index in [1.165, 1.54) is 19.1 Å². The SMILES string of the molecule is CC(C)C[C@H](NC(=O)[C@H](Cc1ccccc1)NC(=O)CNC(=O)[C@H](CO)NC(=O)[C@@H](N)Cc1ccc(O)cc1)C(=O)N[C@H](C(=O)O)[C@@H](C)O. The van der Waals surface area contributed by atoms with Crippen LogP contribution in [0.5, 0.6) is 5.75 Å². The third-order valence-corrected chi connectivity index (χ3v) is 7.29. The number of nitrogens with two attached hydrogens (primary N) is 1. The summed E-state index contributed by atoms with van der Waals surface area (Å²) in [6.07, 6.45) is -1.24. The molecule has 6 atom stereocenters. The lowest BCUT2D eigenvalue weighted by molar-refractivity contribution is -0.145. The highest BCUT2D eigenvalue weighted by Gasteiger charge is 2.32. The van der Waals surface area contributed by atoms with Gasteiger partial charge in [0, 0.05) is 6.42 Å². The van der Waals surface area contributed by atoms with Gasteiger partial charge in [0.1, 0.15) is 23.9 Å². The molecule has 0 saturated heterocycles. The summed E-state index contributed by atoms with van der Waals surface area (Å²) in [5.74, 6) is -5.59. The van der Waals surface area contributed by atoms with Crippen molar-refractivity contribution in [1.29, 1.82) is 0 Å². The average molecular weight is 687 g/mol. The number of aromatic hydroxyl groups is 1. The molecule has 0 heterocycles. The number of aliphatic hydroxyl groups is 2. The fourth-order valence-corrected chi connectivity index (χ4v) is 4.66. The summed E-state index contributed by atoms with van der Waals surface area (Å²) in [5.41, 5.74) is 7.24. The molecule has 0 radical (unpaired) electrons. The zero-order valence-corrected chi connectivity index (χ0v) is 27.6. The molecule has 16 nitrogen and oxygen atoms in total. The molecular weight excluding hydrogens is 640 g/mol. The predicted octanol–water partition coefficient (Wildman–Crippen LogP) is -1.94. The number of amides is 5. The highest BCUT2D eigenvalue weighted by molar-refractivity contribution is 5.95. The number of phenolic OH excluding ortho intramolecular Hbond substituents is 1. The van der Waals surface area contributed by atoms with E-state index in [1.807, 2.05) is 0 Å². The molecule has 2 aromatic carbocycles. The molecule has 16 heteroatoms. The minimum Gasteiger partial charge on any atom is -0.508 e. The smallest absolute Gasteiger partial charge is 0.328 e. The van der Waals surface area contributed by atoms with Gasteiger partial charge in [-0.05, 0) is 48.9 Å². The number of aliphatic hydroxyl groups excluding tert-OH is 2. The van der Waals surface area contributed by atoms with Gasteiger partial charge in [-0.1, -0.05) is 56.3 Å². The number of carbonyl (C=O) groups is 6. The standard InChI is InChI=1S/C33H46N6O10/c1-18(2)13-24(32(47)39-28(19(3)41)33(48)49)37-31(46)25(15-20-7-5-4-6-8-20)36-27(43)16-35-30(45)26(17-40)38-29(44)23(34)14-21-9-11-22(42)12-10-21/h4-12,18-19,23-26,28,40-42H,13-17,34H2,1-3H3,(H,35,45)(H,36,43)(H,37,46)(H,38,44)(H,39,47)(H,48,49)/t19-,23+,24+,25+,26+,28+/m1/s1. The predicted molar refractivity (Wildman–Crippen MR) is 177 cm³/mol. The third-order valence-electron chi connectivity index (χ3n) is 7.29. The minimum absolute atomic E-state index is 0.0119. The number of nitrogens with one attached hydrogen (secondary N) is 5. The molecule has 0 aliphatic heterocycles. The number of carbonyl (C=O) groups excluding carboxylic acids is 5. The Kier molecular flexibility index (Phi) is 16.1. The quantitative estimate of drug-likeness (QED) is 0.0777. The summed E-state index contributed by atoms with van der Waals surface area (Å²) in [4.78, 5) is 76.3. The fourth-order valence-electron chi connectivity index (χ4n) is 4.66. The van der Waals surface area contributed by atoms with Crippen molar-refractivity contribution >= 4 is 35.5 Å². The van der Waals surface area contributed by atoms with E-state index in [0.717, 1.165) is 0 Å². The maximum absolute atomic E-state index is 13.5. The summed E-state index contributed by atoms with van der Waals surface area (Å²) in [5, 5.41) is 50.3. The molecule has 49 heavy (non-hydrogen) atoms. The van der Waals surface area contributed by atoms with Crippen molar-refractivity contribution in [2.24, 2.45) is 11.7 Å². The zero-order valence-electron chi connectivity index (χ0n) is 27.6. The lowest BCUT2D eigenvalue weighted by Gasteiger charge is -2.26. The van der Waals surface area contributed by atoms with E-state index in [9.17, 15) is 49.2 Å². The first-order chi connectivity index (χ1) is 23.1. The Bertz CT molecular complexity index is 1420. The highest BCUT2D eigenvalue weighted by atomic mass is 16.4. The van der Waals surface area contributed by atoms with Gasteiger partial charge in [-0.3, -0.25) is 24.0 Å². The molecule has 0 aliphatic rings. The van der Waals surface area contributed by atoms with E-state index in [0.29, 0.717) is 11.1 Å². The van der Waals surface area contributed by atoms with Gasteiger partial charge in [0.2, 0.25) is 29.5 Å². The van der Waals surface area contributed by atoms with Crippen LogP contribution in [0.3, 0.4) is 0 Å². The van der Waals surface area contributed by atoms with Crippen molar-refractivity contribution in [2.75, 3.05) is 13.2 Å². The van der Waals surface area contributed by atoms with E-state index in [-0.39, 0.29) is 30.9 Å². The van der Waals surface area contributed by atoms with Crippen LogP contribution >= 0.6 is 0 Å². The van der Waals surface area contributed by atoms with Gasteiger partial charge in [-0.2, -0.15) is 0 Å². The number of carboxylic acids is 1. The second-order valence-electron chi connectivity index (χ2n) is 12.0. The van der Waals surface area contributed by atoms with E-state index in [1.54, 1.807) is 56.3 Å². The molecule has 11 N–H and O–H groups in total. The van der Waals surface area contributed by atoms with Crippen molar-refractivity contribution in [1.82, 2.24) is 26.6 Å². The van der Waals surface area contributed by atoms with Crippen LogP contribution < -0.4 is 32.3 Å². The Morgan fingerprint density at radius 3 is 1.84 bits per heavy atom. The first-order valence-electron chi connectivity index (χ1n) is 15.7. The van der Waals surface area contributed by atoms with Crippen LogP contribution in [0, 0.1) is 5.92 Å². The molecule has 0 saturated carbocycles. The van der Waals surface area contributed by atoms with Crippen molar-refractivity contribution in [3.63, 3.8) is 0 Å². The van der Waals surface area contributed by atoms with Crippen LogP contribution in [-0.2, 0) is 41.6 Å². The number of benzene rings is 2. The van der Waals surface area contributed by atoms with E-state index >= 15 is 0 Å². The third kappa shape index (κ3) is 13.9. The summed E-state index contributed by atoms with van der Waals surface area (Å²) in [6, 6.07) is 8.05. The first-order valence-corrected chi connectivity index (χ1v) is 15.7. The summed E-state index contributed by atoms with van der Waals surface area (Å²) in [6.45, 7) is 3.32. The Labute approximate surface area is 283 Å². The maximum atomic E-state index is 13.5. The average Bonchev–Trinajstić information content (AvgIpc) is 3.04. The Hall–Kier alpha value is -5.06. The van der Waals surface area contributed by atoms with Crippen LogP contribution in [0.15, 0.2) is 54.6 Å². The lowest BCUT2D eigenvalue weighted by atomic mass is 10.0. The van der Waals surface area contributed by atoms with Crippen LogP contribution in [0.4, 0.5) is 0 Å². The molecule has 0 aliphatic carbocycles. The number of carboxylic acid groups (broad SMARTS) is 1. The minimum atomic E-state index is -1.62. The Balaban J connectivity index is 2.09.